The Labute approximate surface area is 129 Å². The highest BCUT2D eigenvalue weighted by atomic mass is 15.3. The van der Waals surface area contributed by atoms with E-state index in [4.69, 9.17) is 0 Å². The summed E-state index contributed by atoms with van der Waals surface area (Å²) in [6, 6.07) is 0. The van der Waals surface area contributed by atoms with E-state index in [1.807, 2.05) is 21.0 Å². The van der Waals surface area contributed by atoms with Gasteiger partial charge in [-0.1, -0.05) is 26.7 Å². The molecular weight excluding hydrogens is 264 g/mol. The number of rotatable bonds is 10. The molecule has 1 rings (SSSR count). The standard InChI is InChI=1S/C15H30N6/c1-6-9-11-20(4)14-17-13(16-8-3)18-15(19-14)21(5)12-10-7-2/h6-12H2,1-5H3,(H,16,17,18,19). The van der Waals surface area contributed by atoms with Crippen LogP contribution in [0.2, 0.25) is 0 Å². The fraction of sp³-hybridized carbons (Fsp3) is 0.800. The molecule has 0 atom stereocenters. The van der Waals surface area contributed by atoms with Gasteiger partial charge in [-0.2, -0.15) is 15.0 Å². The first-order valence-corrected chi connectivity index (χ1v) is 8.04. The van der Waals surface area contributed by atoms with Gasteiger partial charge in [-0.25, -0.2) is 0 Å². The molecule has 0 spiro atoms. The molecule has 0 bridgehead atoms. The van der Waals surface area contributed by atoms with Crippen LogP contribution in [0.25, 0.3) is 0 Å². The van der Waals surface area contributed by atoms with E-state index in [0.717, 1.165) is 44.4 Å². The van der Waals surface area contributed by atoms with Crippen LogP contribution < -0.4 is 15.1 Å². The zero-order chi connectivity index (χ0) is 15.7. The molecule has 1 aromatic heterocycles. The Morgan fingerprint density at radius 3 is 1.67 bits per heavy atom. The number of hydrogen-bond donors (Lipinski definition) is 1. The quantitative estimate of drug-likeness (QED) is 0.716. The molecule has 0 aliphatic rings. The third kappa shape index (κ3) is 5.73. The van der Waals surface area contributed by atoms with E-state index in [0.29, 0.717) is 5.95 Å². The molecule has 0 aliphatic carbocycles. The Morgan fingerprint density at radius 1 is 0.810 bits per heavy atom. The van der Waals surface area contributed by atoms with Gasteiger partial charge < -0.3 is 15.1 Å². The van der Waals surface area contributed by atoms with Crippen molar-refractivity contribution in [2.24, 2.45) is 0 Å². The molecule has 0 fully saturated rings. The van der Waals surface area contributed by atoms with E-state index in [9.17, 15) is 0 Å². The minimum Gasteiger partial charge on any atom is -0.354 e. The van der Waals surface area contributed by atoms with E-state index >= 15 is 0 Å². The lowest BCUT2D eigenvalue weighted by Gasteiger charge is -2.21. The number of nitrogens with zero attached hydrogens (tertiary/aromatic N) is 5. The minimum absolute atomic E-state index is 0.657. The molecule has 0 saturated carbocycles. The van der Waals surface area contributed by atoms with Crippen molar-refractivity contribution in [1.29, 1.82) is 0 Å². The van der Waals surface area contributed by atoms with E-state index in [2.05, 4.69) is 43.9 Å². The van der Waals surface area contributed by atoms with Crippen LogP contribution in [0.15, 0.2) is 0 Å². The van der Waals surface area contributed by atoms with Crippen LogP contribution in [0, 0.1) is 0 Å². The van der Waals surface area contributed by atoms with Gasteiger partial charge in [-0.05, 0) is 19.8 Å². The molecule has 0 radical (unpaired) electrons. The summed E-state index contributed by atoms with van der Waals surface area (Å²) in [5.74, 6) is 2.14. The molecule has 120 valence electrons. The van der Waals surface area contributed by atoms with E-state index < -0.39 is 0 Å². The van der Waals surface area contributed by atoms with Crippen molar-refractivity contribution in [1.82, 2.24) is 15.0 Å². The highest BCUT2D eigenvalue weighted by molar-refractivity contribution is 5.44. The maximum Gasteiger partial charge on any atom is 0.231 e. The average molecular weight is 294 g/mol. The van der Waals surface area contributed by atoms with Crippen LogP contribution in [0.1, 0.15) is 46.5 Å². The number of anilines is 3. The van der Waals surface area contributed by atoms with Gasteiger partial charge in [0.1, 0.15) is 0 Å². The Bertz CT molecular complexity index is 377. The molecule has 6 heteroatoms. The topological polar surface area (TPSA) is 57.2 Å². The highest BCUT2D eigenvalue weighted by Gasteiger charge is 2.12. The van der Waals surface area contributed by atoms with Gasteiger partial charge in [0.05, 0.1) is 0 Å². The largest absolute Gasteiger partial charge is 0.354 e. The predicted octanol–water partition coefficient (Wildman–Crippen LogP) is 2.78. The summed E-state index contributed by atoms with van der Waals surface area (Å²) >= 11 is 0. The zero-order valence-electron chi connectivity index (χ0n) is 14.2. The second-order valence-corrected chi connectivity index (χ2v) is 5.34. The lowest BCUT2D eigenvalue weighted by Crippen LogP contribution is -2.26. The Balaban J connectivity index is 2.93. The van der Waals surface area contributed by atoms with Gasteiger partial charge in [0.25, 0.3) is 0 Å². The van der Waals surface area contributed by atoms with Crippen molar-refractivity contribution in [2.75, 3.05) is 48.8 Å². The minimum atomic E-state index is 0.657. The first kappa shape index (κ1) is 17.5. The SMILES string of the molecule is CCCCN(C)c1nc(NCC)nc(N(C)CCCC)n1. The molecule has 6 nitrogen and oxygen atoms in total. The van der Waals surface area contributed by atoms with Gasteiger partial charge >= 0.3 is 0 Å². The van der Waals surface area contributed by atoms with Gasteiger partial charge in [0.15, 0.2) is 0 Å². The fourth-order valence-corrected chi connectivity index (χ4v) is 1.92. The lowest BCUT2D eigenvalue weighted by molar-refractivity contribution is 0.729. The van der Waals surface area contributed by atoms with Crippen molar-refractivity contribution >= 4 is 17.8 Å². The number of hydrogen-bond acceptors (Lipinski definition) is 6. The van der Waals surface area contributed by atoms with Crippen LogP contribution in [-0.4, -0.2) is 48.7 Å². The lowest BCUT2D eigenvalue weighted by atomic mass is 10.3. The molecule has 1 aromatic rings. The van der Waals surface area contributed by atoms with Crippen molar-refractivity contribution < 1.29 is 0 Å². The smallest absolute Gasteiger partial charge is 0.231 e. The molecular formula is C15H30N6. The van der Waals surface area contributed by atoms with Crippen LogP contribution in [-0.2, 0) is 0 Å². The van der Waals surface area contributed by atoms with Gasteiger partial charge in [0, 0.05) is 33.7 Å². The number of unbranched alkanes of at least 4 members (excludes halogenated alkanes) is 2. The van der Waals surface area contributed by atoms with Crippen LogP contribution >= 0.6 is 0 Å². The Kier molecular flexibility index (Phi) is 7.79. The van der Waals surface area contributed by atoms with Crippen LogP contribution in [0.3, 0.4) is 0 Å². The molecule has 1 heterocycles. The molecule has 1 N–H and O–H groups in total. The average Bonchev–Trinajstić information content (AvgIpc) is 2.50. The Hall–Kier alpha value is -1.59. The van der Waals surface area contributed by atoms with Gasteiger partial charge in [0.2, 0.25) is 17.8 Å². The predicted molar refractivity (Wildman–Crippen MR) is 90.3 cm³/mol. The van der Waals surface area contributed by atoms with Crippen molar-refractivity contribution in [2.45, 2.75) is 46.5 Å². The monoisotopic (exact) mass is 294 g/mol. The Morgan fingerprint density at radius 2 is 1.29 bits per heavy atom. The first-order valence-electron chi connectivity index (χ1n) is 8.04. The summed E-state index contributed by atoms with van der Waals surface area (Å²) < 4.78 is 0. The molecule has 0 aliphatic heterocycles. The maximum absolute atomic E-state index is 4.61. The maximum atomic E-state index is 4.61. The summed E-state index contributed by atoms with van der Waals surface area (Å²) in [7, 11) is 4.08. The third-order valence-electron chi connectivity index (χ3n) is 3.32. The molecule has 0 amide bonds. The second kappa shape index (κ2) is 9.37. The van der Waals surface area contributed by atoms with Crippen molar-refractivity contribution in [3.8, 4) is 0 Å². The third-order valence-corrected chi connectivity index (χ3v) is 3.32. The molecule has 0 aromatic carbocycles. The molecule has 0 saturated heterocycles. The summed E-state index contributed by atoms with van der Waals surface area (Å²) in [6.07, 6.45) is 4.61. The van der Waals surface area contributed by atoms with Gasteiger partial charge in [-0.3, -0.25) is 0 Å². The van der Waals surface area contributed by atoms with E-state index in [1.54, 1.807) is 0 Å². The molecule has 0 unspecified atom stereocenters. The summed E-state index contributed by atoms with van der Waals surface area (Å²) in [6.45, 7) is 9.16. The van der Waals surface area contributed by atoms with Gasteiger partial charge in [-0.15, -0.1) is 0 Å². The normalized spacial score (nSPS) is 10.5. The summed E-state index contributed by atoms with van der Waals surface area (Å²) in [5, 5.41) is 3.19. The first-order chi connectivity index (χ1) is 10.1. The molecule has 21 heavy (non-hydrogen) atoms. The van der Waals surface area contributed by atoms with E-state index in [1.165, 1.54) is 12.8 Å². The summed E-state index contributed by atoms with van der Waals surface area (Å²) in [4.78, 5) is 17.8. The summed E-state index contributed by atoms with van der Waals surface area (Å²) in [5.41, 5.74) is 0. The number of nitrogens with one attached hydrogen (secondary N) is 1. The van der Waals surface area contributed by atoms with E-state index in [-0.39, 0.29) is 0 Å². The fourth-order valence-electron chi connectivity index (χ4n) is 1.92. The van der Waals surface area contributed by atoms with Crippen LogP contribution in [0.4, 0.5) is 17.8 Å². The van der Waals surface area contributed by atoms with Crippen molar-refractivity contribution in [3.63, 3.8) is 0 Å². The van der Waals surface area contributed by atoms with Crippen molar-refractivity contribution in [3.05, 3.63) is 0 Å². The van der Waals surface area contributed by atoms with Crippen LogP contribution in [0.5, 0.6) is 0 Å². The highest BCUT2D eigenvalue weighted by Crippen LogP contribution is 2.15. The number of aromatic nitrogens is 3. The zero-order valence-corrected chi connectivity index (χ0v) is 14.2. The second-order valence-electron chi connectivity index (χ2n) is 5.34.